The summed E-state index contributed by atoms with van der Waals surface area (Å²) in [5.41, 5.74) is 3.29. The van der Waals surface area contributed by atoms with Crippen molar-refractivity contribution in [2.45, 2.75) is 63.0 Å². The summed E-state index contributed by atoms with van der Waals surface area (Å²) in [5.74, 6) is 0.615. The number of carbonyl (C=O) groups is 1. The molecule has 0 saturated carbocycles. The summed E-state index contributed by atoms with van der Waals surface area (Å²) in [7, 11) is 0. The molecule has 0 unspecified atom stereocenters. The van der Waals surface area contributed by atoms with Crippen molar-refractivity contribution in [3.8, 4) is 0 Å². The monoisotopic (exact) mass is 484 g/mol. The number of nitrogens with one attached hydrogen (secondary N) is 1. The van der Waals surface area contributed by atoms with Crippen molar-refractivity contribution in [3.05, 3.63) is 76.2 Å². The molecule has 1 aromatic carbocycles. The van der Waals surface area contributed by atoms with Crippen LogP contribution in [0.15, 0.2) is 59.5 Å². The van der Waals surface area contributed by atoms with Gasteiger partial charge >= 0.3 is 6.18 Å². The summed E-state index contributed by atoms with van der Waals surface area (Å²) < 4.78 is 42.4. The minimum absolute atomic E-state index is 0.0798. The van der Waals surface area contributed by atoms with Crippen molar-refractivity contribution in [1.82, 2.24) is 10.2 Å². The SMILES string of the molecule is C=C1C=C(N2CCC3(CC=C(CCO)c4cccc(C(F)(F)F)c43)CC2)NC(=O)C2=C1CCCC2. The van der Waals surface area contributed by atoms with Gasteiger partial charge in [0.25, 0.3) is 5.91 Å². The lowest BCUT2D eigenvalue weighted by Gasteiger charge is -2.47. The van der Waals surface area contributed by atoms with Gasteiger partial charge in [-0.3, -0.25) is 4.79 Å². The zero-order valence-electron chi connectivity index (χ0n) is 19.8. The van der Waals surface area contributed by atoms with Crippen molar-refractivity contribution in [2.24, 2.45) is 0 Å². The number of aliphatic hydroxyl groups excluding tert-OH is 1. The van der Waals surface area contributed by atoms with Crippen molar-refractivity contribution in [3.63, 3.8) is 0 Å². The lowest BCUT2D eigenvalue weighted by atomic mass is 9.63. The number of piperidine rings is 1. The topological polar surface area (TPSA) is 52.6 Å². The number of nitrogens with zero attached hydrogens (tertiary/aromatic N) is 1. The minimum atomic E-state index is -4.45. The van der Waals surface area contributed by atoms with Gasteiger partial charge in [0.2, 0.25) is 0 Å². The first-order valence-electron chi connectivity index (χ1n) is 12.4. The maximum Gasteiger partial charge on any atom is 0.416 e. The van der Waals surface area contributed by atoms with Gasteiger partial charge in [-0.25, -0.2) is 0 Å². The third-order valence-corrected chi connectivity index (χ3v) is 8.11. The number of carbonyl (C=O) groups excluding carboxylic acids is 1. The number of rotatable bonds is 3. The number of benzene rings is 1. The van der Waals surface area contributed by atoms with E-state index in [1.165, 1.54) is 12.1 Å². The van der Waals surface area contributed by atoms with E-state index < -0.39 is 17.2 Å². The smallest absolute Gasteiger partial charge is 0.396 e. The highest BCUT2D eigenvalue weighted by atomic mass is 19.4. The van der Waals surface area contributed by atoms with Gasteiger partial charge in [0.15, 0.2) is 0 Å². The maximum atomic E-state index is 14.1. The molecule has 2 aliphatic heterocycles. The summed E-state index contributed by atoms with van der Waals surface area (Å²) in [6, 6.07) is 4.41. The van der Waals surface area contributed by atoms with E-state index in [0.29, 0.717) is 55.7 Å². The van der Waals surface area contributed by atoms with Crippen LogP contribution in [0.3, 0.4) is 0 Å². The van der Waals surface area contributed by atoms with Crippen LogP contribution in [-0.2, 0) is 16.4 Å². The summed E-state index contributed by atoms with van der Waals surface area (Å²) in [6.45, 7) is 5.19. The molecular formula is C28H31F3N2O2. The normalized spacial score (nSPS) is 22.2. The number of alkyl halides is 3. The van der Waals surface area contributed by atoms with Gasteiger partial charge in [0, 0.05) is 30.7 Å². The van der Waals surface area contributed by atoms with E-state index in [1.54, 1.807) is 6.07 Å². The van der Waals surface area contributed by atoms with Gasteiger partial charge in [-0.05, 0) is 91.4 Å². The lowest BCUT2D eigenvalue weighted by molar-refractivity contribution is -0.139. The third kappa shape index (κ3) is 4.24. The molecule has 4 aliphatic rings. The van der Waals surface area contributed by atoms with E-state index in [4.69, 9.17) is 0 Å². The van der Waals surface area contributed by atoms with E-state index >= 15 is 0 Å². The highest BCUT2D eigenvalue weighted by Gasteiger charge is 2.46. The van der Waals surface area contributed by atoms with E-state index in [1.807, 2.05) is 12.2 Å². The number of allylic oxidation sites excluding steroid dienone is 4. The second kappa shape index (κ2) is 9.01. The fourth-order valence-electron chi connectivity index (χ4n) is 6.31. The second-order valence-electron chi connectivity index (χ2n) is 10.1. The Bertz CT molecular complexity index is 1150. The van der Waals surface area contributed by atoms with Crippen LogP contribution < -0.4 is 5.32 Å². The van der Waals surface area contributed by atoms with Gasteiger partial charge in [0.1, 0.15) is 5.82 Å². The van der Waals surface area contributed by atoms with Crippen molar-refractivity contribution >= 4 is 11.5 Å². The standard InChI is InChI=1S/C28H31F3N2O2/c1-18-17-24(32-26(35)22-6-3-2-5-20(18)22)33-14-12-27(13-15-33)11-9-19(10-16-34)21-7-4-8-23(25(21)27)28(29,30)31/h4,7-9,17,34H,1-3,5-6,10-16H2,(H,32,35). The van der Waals surface area contributed by atoms with Crippen LogP contribution in [0.5, 0.6) is 0 Å². The fourth-order valence-corrected chi connectivity index (χ4v) is 6.31. The molecular weight excluding hydrogens is 453 g/mol. The summed E-state index contributed by atoms with van der Waals surface area (Å²) >= 11 is 0. The van der Waals surface area contributed by atoms with E-state index in [0.717, 1.165) is 48.0 Å². The highest BCUT2D eigenvalue weighted by molar-refractivity contribution is 5.97. The van der Waals surface area contributed by atoms with Gasteiger partial charge in [-0.15, -0.1) is 0 Å². The van der Waals surface area contributed by atoms with Gasteiger partial charge in [-0.1, -0.05) is 24.8 Å². The van der Waals surface area contributed by atoms with Crippen molar-refractivity contribution in [2.75, 3.05) is 19.7 Å². The van der Waals surface area contributed by atoms with E-state index in [-0.39, 0.29) is 12.5 Å². The van der Waals surface area contributed by atoms with Gasteiger partial charge < -0.3 is 15.3 Å². The zero-order valence-corrected chi connectivity index (χ0v) is 19.8. The average molecular weight is 485 g/mol. The Morgan fingerprint density at radius 3 is 2.51 bits per heavy atom. The Balaban J connectivity index is 1.44. The highest BCUT2D eigenvalue weighted by Crippen LogP contribution is 2.51. The fraction of sp³-hybridized carbons (Fsp3) is 0.464. The lowest BCUT2D eigenvalue weighted by Crippen LogP contribution is -2.47. The molecule has 1 spiro atoms. The van der Waals surface area contributed by atoms with Crippen LogP contribution >= 0.6 is 0 Å². The molecule has 7 heteroatoms. The molecule has 5 rings (SSSR count). The molecule has 1 fully saturated rings. The van der Waals surface area contributed by atoms with Crippen LogP contribution in [-0.4, -0.2) is 35.6 Å². The molecule has 2 aliphatic carbocycles. The predicted molar refractivity (Wildman–Crippen MR) is 129 cm³/mol. The Kier molecular flexibility index (Phi) is 6.16. The van der Waals surface area contributed by atoms with E-state index in [9.17, 15) is 23.1 Å². The first kappa shape index (κ1) is 23.9. The first-order chi connectivity index (χ1) is 16.7. The molecule has 0 aromatic heterocycles. The predicted octanol–water partition coefficient (Wildman–Crippen LogP) is 5.61. The minimum Gasteiger partial charge on any atom is -0.396 e. The van der Waals surface area contributed by atoms with Crippen LogP contribution in [0.4, 0.5) is 13.2 Å². The Hall–Kier alpha value is -2.80. The number of fused-ring (bicyclic) bond motifs is 2. The second-order valence-corrected chi connectivity index (χ2v) is 10.1. The van der Waals surface area contributed by atoms with Crippen LogP contribution in [0.1, 0.15) is 68.1 Å². The molecule has 2 N–H and O–H groups in total. The molecule has 2 heterocycles. The molecule has 1 saturated heterocycles. The zero-order chi connectivity index (χ0) is 24.8. The van der Waals surface area contributed by atoms with Crippen LogP contribution in [0.2, 0.25) is 0 Å². The number of likely N-dealkylation sites (tertiary alicyclic amines) is 1. The third-order valence-electron chi connectivity index (χ3n) is 8.11. The quantitative estimate of drug-likeness (QED) is 0.587. The average Bonchev–Trinajstić information content (AvgIpc) is 2.97. The number of aliphatic hydroxyl groups is 1. The molecule has 186 valence electrons. The largest absolute Gasteiger partial charge is 0.416 e. The number of hydrogen-bond acceptors (Lipinski definition) is 3. The number of hydrogen-bond donors (Lipinski definition) is 2. The molecule has 0 atom stereocenters. The number of amides is 1. The molecule has 35 heavy (non-hydrogen) atoms. The maximum absolute atomic E-state index is 14.1. The Morgan fingerprint density at radius 1 is 1.11 bits per heavy atom. The van der Waals surface area contributed by atoms with Crippen molar-refractivity contribution < 1.29 is 23.1 Å². The van der Waals surface area contributed by atoms with Crippen molar-refractivity contribution in [1.29, 1.82) is 0 Å². The molecule has 1 aromatic rings. The van der Waals surface area contributed by atoms with E-state index in [2.05, 4.69) is 16.8 Å². The Labute approximate surface area is 203 Å². The van der Waals surface area contributed by atoms with Crippen LogP contribution in [0, 0.1) is 0 Å². The molecule has 4 nitrogen and oxygen atoms in total. The first-order valence-corrected chi connectivity index (χ1v) is 12.4. The molecule has 1 amide bonds. The molecule has 0 bridgehead atoms. The molecule has 0 radical (unpaired) electrons. The summed E-state index contributed by atoms with van der Waals surface area (Å²) in [4.78, 5) is 15.0. The van der Waals surface area contributed by atoms with Gasteiger partial charge in [-0.2, -0.15) is 13.2 Å². The van der Waals surface area contributed by atoms with Crippen LogP contribution in [0.25, 0.3) is 5.57 Å². The summed E-state index contributed by atoms with van der Waals surface area (Å²) in [6.07, 6.45) is 5.10. The van der Waals surface area contributed by atoms with Gasteiger partial charge in [0.05, 0.1) is 5.56 Å². The Morgan fingerprint density at radius 2 is 1.83 bits per heavy atom. The number of halogens is 3. The summed E-state index contributed by atoms with van der Waals surface area (Å²) in [5, 5.41) is 12.5.